The van der Waals surface area contributed by atoms with Crippen LogP contribution in [-0.2, 0) is 20.9 Å². The maximum absolute atomic E-state index is 13.5. The van der Waals surface area contributed by atoms with Crippen LogP contribution in [-0.4, -0.2) is 48.3 Å². The number of carbonyl (C=O) groups is 4. The molecule has 3 amide bonds. The van der Waals surface area contributed by atoms with Crippen LogP contribution in [0.15, 0.2) is 66.0 Å². The zero-order valence-electron chi connectivity index (χ0n) is 19.3. The minimum absolute atomic E-state index is 0.139. The second-order valence-electron chi connectivity index (χ2n) is 7.80. The van der Waals surface area contributed by atoms with E-state index in [1.807, 2.05) is 17.5 Å². The second-order valence-corrected chi connectivity index (χ2v) is 8.83. The predicted molar refractivity (Wildman–Crippen MR) is 130 cm³/mol. The molecule has 0 radical (unpaired) electrons. The Balaban J connectivity index is 1.63. The number of thiophene rings is 1. The largest absolute Gasteiger partial charge is 0.497 e. The number of esters is 1. The Kier molecular flexibility index (Phi) is 7.26. The number of methoxy groups -OCH3 is 1. The lowest BCUT2D eigenvalue weighted by Crippen LogP contribution is -2.45. The molecule has 0 aliphatic carbocycles. The molecule has 0 N–H and O–H groups in total. The molecule has 1 aromatic heterocycles. The van der Waals surface area contributed by atoms with Crippen LogP contribution in [0.1, 0.15) is 38.9 Å². The number of hydrogen-bond acceptors (Lipinski definition) is 7. The zero-order chi connectivity index (χ0) is 24.9. The van der Waals surface area contributed by atoms with Crippen LogP contribution in [0, 0.1) is 0 Å². The van der Waals surface area contributed by atoms with Gasteiger partial charge in [0, 0.05) is 10.4 Å². The Labute approximate surface area is 206 Å². The Morgan fingerprint density at radius 3 is 2.49 bits per heavy atom. The number of nitrogens with zero attached hydrogens (tertiary/aromatic N) is 2. The van der Waals surface area contributed by atoms with Crippen molar-refractivity contribution in [2.75, 3.05) is 18.6 Å². The lowest BCUT2D eigenvalue weighted by molar-refractivity contribution is -0.122. The SMILES string of the molecule is CCOC(=O)c1ccc(N2C(=O)CC(N(Cc3cccs3)C(=O)c3cccc(OC)c3)C2=O)cc1. The summed E-state index contributed by atoms with van der Waals surface area (Å²) in [5.74, 6) is -1.25. The topological polar surface area (TPSA) is 93.2 Å². The first-order valence-electron chi connectivity index (χ1n) is 11.0. The van der Waals surface area contributed by atoms with Gasteiger partial charge in [0.1, 0.15) is 11.8 Å². The Hall–Kier alpha value is -3.98. The smallest absolute Gasteiger partial charge is 0.338 e. The summed E-state index contributed by atoms with van der Waals surface area (Å²) in [6, 6.07) is 15.5. The van der Waals surface area contributed by atoms with Crippen LogP contribution < -0.4 is 9.64 Å². The molecule has 2 heterocycles. The molecule has 1 saturated heterocycles. The number of rotatable bonds is 8. The molecule has 1 unspecified atom stereocenters. The molecule has 0 bridgehead atoms. The molecular weight excluding hydrogens is 468 g/mol. The van der Waals surface area contributed by atoms with Gasteiger partial charge in [-0.2, -0.15) is 0 Å². The highest BCUT2D eigenvalue weighted by molar-refractivity contribution is 7.09. The van der Waals surface area contributed by atoms with E-state index in [-0.39, 0.29) is 25.5 Å². The number of anilines is 1. The van der Waals surface area contributed by atoms with Gasteiger partial charge in [0.05, 0.1) is 37.9 Å². The van der Waals surface area contributed by atoms with Crippen LogP contribution in [0.5, 0.6) is 5.75 Å². The molecule has 4 rings (SSSR count). The van der Waals surface area contributed by atoms with E-state index < -0.39 is 23.8 Å². The normalized spacial score (nSPS) is 15.3. The average Bonchev–Trinajstić information content (AvgIpc) is 3.49. The molecule has 2 aromatic carbocycles. The van der Waals surface area contributed by atoms with Crippen LogP contribution >= 0.6 is 11.3 Å². The molecule has 35 heavy (non-hydrogen) atoms. The van der Waals surface area contributed by atoms with Gasteiger partial charge < -0.3 is 14.4 Å². The minimum Gasteiger partial charge on any atom is -0.497 e. The van der Waals surface area contributed by atoms with Gasteiger partial charge in [0.15, 0.2) is 0 Å². The van der Waals surface area contributed by atoms with Gasteiger partial charge in [-0.3, -0.25) is 14.4 Å². The van der Waals surface area contributed by atoms with Gasteiger partial charge in [-0.05, 0) is 60.8 Å². The Morgan fingerprint density at radius 1 is 1.06 bits per heavy atom. The van der Waals surface area contributed by atoms with Gasteiger partial charge in [-0.25, -0.2) is 9.69 Å². The standard InChI is InChI=1S/C26H24N2O6S/c1-3-34-26(32)17-9-11-19(12-10-17)28-23(29)15-22(25(28)31)27(16-21-8-5-13-35-21)24(30)18-6-4-7-20(14-18)33-2/h4-14,22H,3,15-16H2,1-2H3. The van der Waals surface area contributed by atoms with Crippen molar-refractivity contribution < 1.29 is 28.7 Å². The quantitative estimate of drug-likeness (QED) is 0.350. The molecule has 180 valence electrons. The molecule has 1 aliphatic rings. The molecular formula is C26H24N2O6S. The van der Waals surface area contributed by atoms with Crippen LogP contribution in [0.2, 0.25) is 0 Å². The summed E-state index contributed by atoms with van der Waals surface area (Å²) in [5.41, 5.74) is 1.01. The van der Waals surface area contributed by atoms with Gasteiger partial charge in [0.25, 0.3) is 11.8 Å². The van der Waals surface area contributed by atoms with E-state index in [1.165, 1.54) is 47.6 Å². The van der Waals surface area contributed by atoms with Crippen molar-refractivity contribution in [3.63, 3.8) is 0 Å². The summed E-state index contributed by atoms with van der Waals surface area (Å²) in [6.45, 7) is 2.14. The highest BCUT2D eigenvalue weighted by Crippen LogP contribution is 2.29. The summed E-state index contributed by atoms with van der Waals surface area (Å²) in [6.07, 6.45) is -0.139. The summed E-state index contributed by atoms with van der Waals surface area (Å²) >= 11 is 1.47. The third-order valence-electron chi connectivity index (χ3n) is 5.62. The van der Waals surface area contributed by atoms with E-state index in [0.717, 1.165) is 9.78 Å². The van der Waals surface area contributed by atoms with Crippen molar-refractivity contribution in [3.05, 3.63) is 82.0 Å². The fourth-order valence-electron chi connectivity index (χ4n) is 3.91. The third kappa shape index (κ3) is 5.09. The van der Waals surface area contributed by atoms with Crippen molar-refractivity contribution in [1.82, 2.24) is 4.90 Å². The summed E-state index contributed by atoms with van der Waals surface area (Å²) in [7, 11) is 1.51. The van der Waals surface area contributed by atoms with E-state index in [0.29, 0.717) is 22.6 Å². The van der Waals surface area contributed by atoms with Gasteiger partial charge in [-0.1, -0.05) is 12.1 Å². The molecule has 1 atom stereocenters. The fraction of sp³-hybridized carbons (Fsp3) is 0.231. The number of carbonyl (C=O) groups excluding carboxylic acids is 4. The van der Waals surface area contributed by atoms with E-state index in [4.69, 9.17) is 9.47 Å². The van der Waals surface area contributed by atoms with Crippen molar-refractivity contribution in [2.45, 2.75) is 25.9 Å². The molecule has 0 spiro atoms. The second kappa shape index (κ2) is 10.5. The first-order chi connectivity index (χ1) is 16.9. The first-order valence-corrected chi connectivity index (χ1v) is 11.9. The summed E-state index contributed by atoms with van der Waals surface area (Å²) in [5, 5.41) is 1.89. The monoisotopic (exact) mass is 492 g/mol. The van der Waals surface area contributed by atoms with E-state index in [1.54, 1.807) is 31.2 Å². The third-order valence-corrected chi connectivity index (χ3v) is 6.48. The maximum atomic E-state index is 13.5. The summed E-state index contributed by atoms with van der Waals surface area (Å²) in [4.78, 5) is 55.3. The lowest BCUT2D eigenvalue weighted by Gasteiger charge is -2.27. The molecule has 3 aromatic rings. The van der Waals surface area contributed by atoms with E-state index in [2.05, 4.69) is 0 Å². The van der Waals surface area contributed by atoms with Gasteiger partial charge in [0.2, 0.25) is 5.91 Å². The highest BCUT2D eigenvalue weighted by Gasteiger charge is 2.44. The Bertz CT molecular complexity index is 1240. The maximum Gasteiger partial charge on any atom is 0.338 e. The molecule has 1 aliphatic heterocycles. The van der Waals surface area contributed by atoms with Gasteiger partial charge >= 0.3 is 5.97 Å². The van der Waals surface area contributed by atoms with Crippen molar-refractivity contribution in [1.29, 1.82) is 0 Å². The number of imide groups is 1. The van der Waals surface area contributed by atoms with Crippen molar-refractivity contribution in [2.24, 2.45) is 0 Å². The van der Waals surface area contributed by atoms with Gasteiger partial charge in [-0.15, -0.1) is 11.3 Å². The average molecular weight is 493 g/mol. The minimum atomic E-state index is -0.965. The molecule has 8 nitrogen and oxygen atoms in total. The van der Waals surface area contributed by atoms with Crippen molar-refractivity contribution in [3.8, 4) is 5.75 Å². The number of benzene rings is 2. The zero-order valence-corrected chi connectivity index (χ0v) is 20.1. The van der Waals surface area contributed by atoms with E-state index in [9.17, 15) is 19.2 Å². The fourth-order valence-corrected chi connectivity index (χ4v) is 4.61. The van der Waals surface area contributed by atoms with Crippen LogP contribution in [0.25, 0.3) is 0 Å². The molecule has 0 saturated carbocycles. The molecule has 1 fully saturated rings. The number of amides is 3. The number of hydrogen-bond donors (Lipinski definition) is 0. The highest BCUT2D eigenvalue weighted by atomic mass is 32.1. The van der Waals surface area contributed by atoms with E-state index >= 15 is 0 Å². The van der Waals surface area contributed by atoms with Crippen LogP contribution in [0.3, 0.4) is 0 Å². The van der Waals surface area contributed by atoms with Crippen molar-refractivity contribution >= 4 is 40.7 Å². The predicted octanol–water partition coefficient (Wildman–Crippen LogP) is 3.91. The molecule has 9 heteroatoms. The lowest BCUT2D eigenvalue weighted by atomic mass is 10.1. The Morgan fingerprint density at radius 2 is 1.83 bits per heavy atom. The summed E-state index contributed by atoms with van der Waals surface area (Å²) < 4.78 is 10.2. The number of ether oxygens (including phenoxy) is 2. The van der Waals surface area contributed by atoms with Crippen LogP contribution in [0.4, 0.5) is 5.69 Å². The first kappa shape index (κ1) is 24.2.